The van der Waals surface area contributed by atoms with Gasteiger partial charge in [-0.3, -0.25) is 0 Å². The van der Waals surface area contributed by atoms with Crippen molar-refractivity contribution >= 4 is 15.8 Å². The lowest BCUT2D eigenvalue weighted by Crippen LogP contribution is -2.17. The Kier molecular flexibility index (Phi) is 4.79. The lowest BCUT2D eigenvalue weighted by molar-refractivity contribution is 0.355. The van der Waals surface area contributed by atoms with Crippen LogP contribution in [0.3, 0.4) is 0 Å². The van der Waals surface area contributed by atoms with Crippen LogP contribution in [-0.2, 0) is 10.0 Å². The number of rotatable bonds is 5. The molecule has 2 aromatic carbocycles. The lowest BCUT2D eigenvalue weighted by atomic mass is 10.1. The molecule has 0 unspecified atom stereocenters. The maximum atomic E-state index is 13.5. The molecule has 142 valence electrons. The van der Waals surface area contributed by atoms with Gasteiger partial charge in [-0.05, 0) is 48.9 Å². The summed E-state index contributed by atoms with van der Waals surface area (Å²) in [4.78, 5) is -0.102. The van der Waals surface area contributed by atoms with Crippen LogP contribution in [0.4, 0.5) is 10.2 Å². The fraction of sp³-hybridized carbons (Fsp3) is 0.167. The van der Waals surface area contributed by atoms with Crippen LogP contribution in [0.15, 0.2) is 47.4 Å². The second kappa shape index (κ2) is 6.92. The highest BCUT2D eigenvalue weighted by Crippen LogP contribution is 2.33. The number of aryl methyl sites for hydroxylation is 1. The second-order valence-corrected chi connectivity index (χ2v) is 7.55. The van der Waals surface area contributed by atoms with Gasteiger partial charge < -0.3 is 15.2 Å². The van der Waals surface area contributed by atoms with Crippen LogP contribution >= 0.6 is 0 Å². The van der Waals surface area contributed by atoms with Gasteiger partial charge in [0, 0.05) is 11.6 Å². The molecule has 0 saturated carbocycles. The maximum Gasteiger partial charge on any atom is 0.284 e. The van der Waals surface area contributed by atoms with Gasteiger partial charge in [0.2, 0.25) is 0 Å². The van der Waals surface area contributed by atoms with Crippen molar-refractivity contribution in [2.45, 2.75) is 11.8 Å². The largest absolute Gasteiger partial charge is 0.493 e. The molecule has 1 heterocycles. The number of methoxy groups -OCH3 is 2. The van der Waals surface area contributed by atoms with E-state index < -0.39 is 15.8 Å². The number of nitrogen functional groups attached to an aromatic ring is 1. The minimum absolute atomic E-state index is 0.0678. The normalized spacial score (nSPS) is 11.4. The Morgan fingerprint density at radius 2 is 1.74 bits per heavy atom. The summed E-state index contributed by atoms with van der Waals surface area (Å²) in [5.41, 5.74) is 7.04. The van der Waals surface area contributed by atoms with Gasteiger partial charge in [-0.2, -0.15) is 13.5 Å². The third kappa shape index (κ3) is 3.33. The molecule has 9 heteroatoms. The van der Waals surface area contributed by atoms with Gasteiger partial charge >= 0.3 is 0 Å². The fourth-order valence-electron chi connectivity index (χ4n) is 2.59. The summed E-state index contributed by atoms with van der Waals surface area (Å²) in [6, 6.07) is 10.0. The SMILES string of the molecule is COc1ccc(-c2cc(N)n(S(=O)(=O)c3ccc(F)c(C)c3)n2)cc1OC. The van der Waals surface area contributed by atoms with E-state index in [1.54, 1.807) is 18.2 Å². The highest BCUT2D eigenvalue weighted by molar-refractivity contribution is 7.90. The summed E-state index contributed by atoms with van der Waals surface area (Å²) in [6.07, 6.45) is 0. The highest BCUT2D eigenvalue weighted by Gasteiger charge is 2.23. The standard InChI is InChI=1S/C18H18FN3O4S/c1-11-8-13(5-6-14(11)19)27(23,24)22-18(20)10-15(21-22)12-4-7-16(25-2)17(9-12)26-3/h4-10H,20H2,1-3H3. The van der Waals surface area contributed by atoms with Crippen LogP contribution in [0.1, 0.15) is 5.56 Å². The number of benzene rings is 2. The molecule has 0 fully saturated rings. The molecule has 0 radical (unpaired) electrons. The molecule has 0 aliphatic carbocycles. The number of nitrogens with two attached hydrogens (primary N) is 1. The van der Waals surface area contributed by atoms with E-state index in [1.807, 2.05) is 0 Å². The minimum Gasteiger partial charge on any atom is -0.493 e. The van der Waals surface area contributed by atoms with Crippen molar-refractivity contribution < 1.29 is 22.3 Å². The molecule has 3 aromatic rings. The van der Waals surface area contributed by atoms with Crippen molar-refractivity contribution in [3.05, 3.63) is 53.8 Å². The van der Waals surface area contributed by atoms with Crippen LogP contribution < -0.4 is 15.2 Å². The van der Waals surface area contributed by atoms with Crippen LogP contribution in [0.5, 0.6) is 11.5 Å². The molecule has 1 aromatic heterocycles. The lowest BCUT2D eigenvalue weighted by Gasteiger charge is -2.08. The molecule has 0 atom stereocenters. The maximum absolute atomic E-state index is 13.5. The van der Waals surface area contributed by atoms with Crippen LogP contribution in [0.25, 0.3) is 11.3 Å². The van der Waals surface area contributed by atoms with Gasteiger partial charge in [-0.25, -0.2) is 4.39 Å². The average molecular weight is 391 g/mol. The number of nitrogens with zero attached hydrogens (tertiary/aromatic N) is 2. The third-order valence-corrected chi connectivity index (χ3v) is 5.64. The van der Waals surface area contributed by atoms with E-state index in [4.69, 9.17) is 15.2 Å². The molecule has 0 amide bonds. The molecule has 0 saturated heterocycles. The van der Waals surface area contributed by atoms with E-state index in [-0.39, 0.29) is 16.3 Å². The molecule has 0 bridgehead atoms. The zero-order valence-corrected chi connectivity index (χ0v) is 15.7. The topological polar surface area (TPSA) is 96.4 Å². The van der Waals surface area contributed by atoms with Gasteiger partial charge in [0.05, 0.1) is 24.8 Å². The molecular formula is C18H18FN3O4S. The molecule has 0 spiro atoms. The summed E-state index contributed by atoms with van der Waals surface area (Å²) >= 11 is 0. The summed E-state index contributed by atoms with van der Waals surface area (Å²) in [5, 5.41) is 4.12. The van der Waals surface area contributed by atoms with E-state index in [1.165, 1.54) is 39.3 Å². The molecule has 0 aliphatic heterocycles. The third-order valence-electron chi connectivity index (χ3n) is 4.04. The molecule has 2 N–H and O–H groups in total. The quantitative estimate of drug-likeness (QED) is 0.718. The zero-order chi connectivity index (χ0) is 19.8. The molecule has 7 nitrogen and oxygen atoms in total. The minimum atomic E-state index is -4.07. The van der Waals surface area contributed by atoms with E-state index in [9.17, 15) is 12.8 Å². The summed E-state index contributed by atoms with van der Waals surface area (Å²) < 4.78 is 50.3. The first-order chi connectivity index (χ1) is 12.8. The van der Waals surface area contributed by atoms with Gasteiger partial charge in [-0.15, -0.1) is 4.09 Å². The van der Waals surface area contributed by atoms with E-state index in [0.717, 1.165) is 10.2 Å². The highest BCUT2D eigenvalue weighted by atomic mass is 32.2. The van der Waals surface area contributed by atoms with Gasteiger partial charge in [-0.1, -0.05) is 0 Å². The molecule has 3 rings (SSSR count). The molecular weight excluding hydrogens is 373 g/mol. The molecule has 0 aliphatic rings. The first-order valence-electron chi connectivity index (χ1n) is 7.87. The average Bonchev–Trinajstić information content (AvgIpc) is 3.05. The van der Waals surface area contributed by atoms with Crippen LogP contribution in [0.2, 0.25) is 0 Å². The smallest absolute Gasteiger partial charge is 0.284 e. The van der Waals surface area contributed by atoms with Crippen molar-refractivity contribution in [3.8, 4) is 22.8 Å². The molecule has 27 heavy (non-hydrogen) atoms. The Bertz CT molecular complexity index is 1110. The second-order valence-electron chi connectivity index (χ2n) is 5.78. The van der Waals surface area contributed by atoms with Crippen molar-refractivity contribution in [2.24, 2.45) is 0 Å². The fourth-order valence-corrected chi connectivity index (χ4v) is 3.88. The number of ether oxygens (including phenoxy) is 2. The predicted molar refractivity (Wildman–Crippen MR) is 98.9 cm³/mol. The van der Waals surface area contributed by atoms with Gasteiger partial charge in [0.25, 0.3) is 10.0 Å². The van der Waals surface area contributed by atoms with Gasteiger partial charge in [0.1, 0.15) is 11.6 Å². The zero-order valence-electron chi connectivity index (χ0n) is 14.9. The first kappa shape index (κ1) is 18.7. The summed E-state index contributed by atoms with van der Waals surface area (Å²) in [7, 11) is -1.06. The van der Waals surface area contributed by atoms with Gasteiger partial charge in [0.15, 0.2) is 11.5 Å². The Morgan fingerprint density at radius 3 is 2.37 bits per heavy atom. The monoisotopic (exact) mass is 391 g/mol. The van der Waals surface area contributed by atoms with E-state index in [2.05, 4.69) is 5.10 Å². The number of hydrogen-bond donors (Lipinski definition) is 1. The Morgan fingerprint density at radius 1 is 1.04 bits per heavy atom. The number of halogens is 1. The van der Waals surface area contributed by atoms with E-state index >= 15 is 0 Å². The van der Waals surface area contributed by atoms with Crippen molar-refractivity contribution in [2.75, 3.05) is 20.0 Å². The number of aromatic nitrogens is 2. The number of hydrogen-bond acceptors (Lipinski definition) is 6. The first-order valence-corrected chi connectivity index (χ1v) is 9.31. The Balaban J connectivity index is 2.07. The van der Waals surface area contributed by atoms with Crippen LogP contribution in [0, 0.1) is 12.7 Å². The summed E-state index contributed by atoms with van der Waals surface area (Å²) in [6.45, 7) is 1.48. The predicted octanol–water partition coefficient (Wildman–Crippen LogP) is 2.83. The van der Waals surface area contributed by atoms with Crippen molar-refractivity contribution in [1.82, 2.24) is 9.19 Å². The van der Waals surface area contributed by atoms with E-state index in [0.29, 0.717) is 22.8 Å². The summed E-state index contributed by atoms with van der Waals surface area (Å²) in [5.74, 6) is 0.443. The Labute approximate surface area is 156 Å². The van der Waals surface area contributed by atoms with Crippen molar-refractivity contribution in [3.63, 3.8) is 0 Å². The van der Waals surface area contributed by atoms with Crippen molar-refractivity contribution in [1.29, 1.82) is 0 Å². The number of anilines is 1. The Hall–Kier alpha value is -3.07. The van der Waals surface area contributed by atoms with Crippen LogP contribution in [-0.4, -0.2) is 31.8 Å².